The van der Waals surface area contributed by atoms with Crippen LogP contribution in [-0.2, 0) is 0 Å². The number of carboxylic acids is 2. The first-order valence-corrected chi connectivity index (χ1v) is 14.7. The molecule has 9 nitrogen and oxygen atoms in total. The molecule has 1 aliphatic heterocycles. The zero-order valence-corrected chi connectivity index (χ0v) is 26.6. The molecule has 0 amide bonds. The molecule has 0 aromatic heterocycles. The fourth-order valence-corrected chi connectivity index (χ4v) is 6.01. The van der Waals surface area contributed by atoms with Crippen molar-refractivity contribution in [2.45, 2.75) is 26.7 Å². The SMILES string of the molecule is CCCOc1c2oc3c(OCCC)c(O)c(Br)cc3c(-c3c(Cl)c(Cl)c(C(=O)O)c(Cl)c3C(=O)O)c-2cc(Br)c1=O. The number of hydrogen-bond donors (Lipinski definition) is 3. The van der Waals surface area contributed by atoms with E-state index in [0.717, 1.165) is 0 Å². The van der Waals surface area contributed by atoms with Gasteiger partial charge in [0.2, 0.25) is 16.9 Å². The molecule has 4 rings (SSSR count). The number of phenols is 1. The van der Waals surface area contributed by atoms with Gasteiger partial charge in [0.05, 0.1) is 48.4 Å². The number of aromatic hydroxyl groups is 1. The van der Waals surface area contributed by atoms with Gasteiger partial charge in [-0.3, -0.25) is 4.79 Å². The molecule has 2 aromatic rings. The second kappa shape index (κ2) is 12.3. The van der Waals surface area contributed by atoms with Gasteiger partial charge in [-0.2, -0.15) is 0 Å². The minimum Gasteiger partial charge on any atom is -0.503 e. The lowest BCUT2D eigenvalue weighted by Gasteiger charge is -2.23. The Kier molecular flexibility index (Phi) is 9.35. The van der Waals surface area contributed by atoms with E-state index in [2.05, 4.69) is 31.9 Å². The van der Waals surface area contributed by atoms with E-state index in [4.69, 9.17) is 48.7 Å². The van der Waals surface area contributed by atoms with Crippen LogP contribution in [0.5, 0.6) is 17.2 Å². The molecule has 0 saturated heterocycles. The van der Waals surface area contributed by atoms with Crippen molar-refractivity contribution in [2.24, 2.45) is 0 Å². The highest BCUT2D eigenvalue weighted by atomic mass is 79.9. The molecule has 41 heavy (non-hydrogen) atoms. The molecule has 0 bridgehead atoms. The van der Waals surface area contributed by atoms with Crippen molar-refractivity contribution in [2.75, 3.05) is 13.2 Å². The number of hydrogen-bond acceptors (Lipinski definition) is 7. The molecule has 0 radical (unpaired) electrons. The van der Waals surface area contributed by atoms with Gasteiger partial charge >= 0.3 is 11.9 Å². The standard InChI is InChI=1S/C27H19Br2Cl3O9/c1-3-5-39-24-20(33)11(28)7-9-13(14-15(26(35)36)17(30)16(27(37)38)19(32)18(14)31)10-8-12(29)21(34)25(40-6-4-2)23(10)41-22(9)24/h7-8,33H,3-6H2,1-2H3,(H,35,36)(H,37,38). The highest BCUT2D eigenvalue weighted by molar-refractivity contribution is 9.10. The molecule has 0 spiro atoms. The van der Waals surface area contributed by atoms with Crippen molar-refractivity contribution in [3.8, 4) is 39.7 Å². The minimum atomic E-state index is -1.60. The molecule has 1 aliphatic carbocycles. The Bertz CT molecular complexity index is 1770. The van der Waals surface area contributed by atoms with Crippen LogP contribution in [0.2, 0.25) is 15.1 Å². The molecule has 2 aliphatic rings. The first kappa shape index (κ1) is 31.2. The van der Waals surface area contributed by atoms with Crippen molar-refractivity contribution in [1.29, 1.82) is 0 Å². The zero-order valence-electron chi connectivity index (χ0n) is 21.2. The van der Waals surface area contributed by atoms with Crippen LogP contribution in [-0.4, -0.2) is 40.5 Å². The van der Waals surface area contributed by atoms with E-state index in [0.29, 0.717) is 12.8 Å². The predicted molar refractivity (Wildman–Crippen MR) is 162 cm³/mol. The summed E-state index contributed by atoms with van der Waals surface area (Å²) in [5, 5.41) is 29.4. The van der Waals surface area contributed by atoms with Gasteiger partial charge in [-0.15, -0.1) is 0 Å². The summed E-state index contributed by atoms with van der Waals surface area (Å²) < 4.78 is 18.0. The Hall–Kier alpha value is -2.70. The summed E-state index contributed by atoms with van der Waals surface area (Å²) in [6.45, 7) is 3.99. The Balaban J connectivity index is 2.38. The van der Waals surface area contributed by atoms with Gasteiger partial charge in [-0.25, -0.2) is 9.59 Å². The summed E-state index contributed by atoms with van der Waals surface area (Å²) in [7, 11) is 0. The smallest absolute Gasteiger partial charge is 0.338 e. The average molecular weight is 754 g/mol. The third-order valence-electron chi connectivity index (χ3n) is 5.95. The number of carboxylic acid groups (broad SMARTS) is 2. The van der Waals surface area contributed by atoms with E-state index >= 15 is 0 Å². The lowest BCUT2D eigenvalue weighted by molar-refractivity contribution is 0.0696. The van der Waals surface area contributed by atoms with Gasteiger partial charge in [0.15, 0.2) is 17.1 Å². The maximum Gasteiger partial charge on any atom is 0.338 e. The molecule has 0 fully saturated rings. The van der Waals surface area contributed by atoms with Gasteiger partial charge in [0.1, 0.15) is 0 Å². The third-order valence-corrected chi connectivity index (χ3v) is 8.37. The van der Waals surface area contributed by atoms with Crippen LogP contribution < -0.4 is 14.9 Å². The fourth-order valence-electron chi connectivity index (χ4n) is 4.24. The van der Waals surface area contributed by atoms with E-state index in [9.17, 15) is 29.7 Å². The highest BCUT2D eigenvalue weighted by Crippen LogP contribution is 2.54. The summed E-state index contributed by atoms with van der Waals surface area (Å²) in [4.78, 5) is 37.8. The molecule has 14 heteroatoms. The maximum absolute atomic E-state index is 13.2. The van der Waals surface area contributed by atoms with E-state index in [1.54, 1.807) is 0 Å². The van der Waals surface area contributed by atoms with Crippen LogP contribution in [0.1, 0.15) is 47.4 Å². The van der Waals surface area contributed by atoms with Crippen LogP contribution >= 0.6 is 66.7 Å². The molecule has 0 saturated carbocycles. The van der Waals surface area contributed by atoms with Crippen molar-refractivity contribution < 1.29 is 38.8 Å². The lowest BCUT2D eigenvalue weighted by Crippen LogP contribution is -2.13. The number of ether oxygens (including phenoxy) is 2. The number of fused-ring (bicyclic) bond motifs is 2. The summed E-state index contributed by atoms with van der Waals surface area (Å²) in [6.07, 6.45) is 1.11. The molecule has 3 N–H and O–H groups in total. The lowest BCUT2D eigenvalue weighted by atomic mass is 9.89. The summed E-state index contributed by atoms with van der Waals surface area (Å²) in [6, 6.07) is 2.82. The molecule has 0 unspecified atom stereocenters. The van der Waals surface area contributed by atoms with Crippen molar-refractivity contribution in [3.63, 3.8) is 0 Å². The Labute approximate surface area is 264 Å². The van der Waals surface area contributed by atoms with Crippen LogP contribution in [0.3, 0.4) is 0 Å². The van der Waals surface area contributed by atoms with E-state index in [-0.39, 0.29) is 72.8 Å². The van der Waals surface area contributed by atoms with Crippen molar-refractivity contribution in [3.05, 3.63) is 57.5 Å². The van der Waals surface area contributed by atoms with Crippen LogP contribution in [0.25, 0.3) is 33.4 Å². The molecule has 0 atom stereocenters. The van der Waals surface area contributed by atoms with Crippen LogP contribution in [0, 0.1) is 0 Å². The summed E-state index contributed by atoms with van der Waals surface area (Å²) in [5.74, 6) is -3.93. The third kappa shape index (κ3) is 5.34. The largest absolute Gasteiger partial charge is 0.503 e. The molecule has 1 heterocycles. The normalized spacial score (nSPS) is 11.3. The minimum absolute atomic E-state index is 0.0495. The number of benzene rings is 3. The van der Waals surface area contributed by atoms with Gasteiger partial charge in [0.25, 0.3) is 0 Å². The monoisotopic (exact) mass is 750 g/mol. The van der Waals surface area contributed by atoms with E-state index < -0.39 is 43.6 Å². The topological polar surface area (TPSA) is 144 Å². The predicted octanol–water partition coefficient (Wildman–Crippen LogP) is 8.73. The number of halogens is 5. The van der Waals surface area contributed by atoms with Crippen molar-refractivity contribution in [1.82, 2.24) is 0 Å². The van der Waals surface area contributed by atoms with Crippen LogP contribution in [0.15, 0.2) is 30.3 Å². The highest BCUT2D eigenvalue weighted by Gasteiger charge is 2.35. The molecule has 2 aromatic carbocycles. The first-order valence-electron chi connectivity index (χ1n) is 11.9. The van der Waals surface area contributed by atoms with Gasteiger partial charge in [0, 0.05) is 22.1 Å². The van der Waals surface area contributed by atoms with E-state index in [1.165, 1.54) is 12.1 Å². The van der Waals surface area contributed by atoms with Gasteiger partial charge in [-0.1, -0.05) is 48.7 Å². The molecule has 216 valence electrons. The molecular weight excluding hydrogens is 734 g/mol. The van der Waals surface area contributed by atoms with E-state index in [1.807, 2.05) is 13.8 Å². The Morgan fingerprint density at radius 2 is 1.44 bits per heavy atom. The zero-order chi connectivity index (χ0) is 30.3. The fraction of sp³-hybridized carbons (Fsp3) is 0.222. The van der Waals surface area contributed by atoms with Crippen molar-refractivity contribution >= 4 is 89.6 Å². The number of carbonyl (C=O) groups is 2. The summed E-state index contributed by atoms with van der Waals surface area (Å²) >= 11 is 25.9. The summed E-state index contributed by atoms with van der Waals surface area (Å²) in [5.41, 5.74) is -2.05. The maximum atomic E-state index is 13.2. The number of aromatic carboxylic acids is 2. The second-order valence-electron chi connectivity index (χ2n) is 8.66. The first-order chi connectivity index (χ1) is 19.4. The quantitative estimate of drug-likeness (QED) is 0.113. The van der Waals surface area contributed by atoms with Gasteiger partial charge in [-0.05, 0) is 56.8 Å². The Morgan fingerprint density at radius 3 is 2.00 bits per heavy atom. The average Bonchev–Trinajstić information content (AvgIpc) is 2.90. The number of phenolic OH excluding ortho intramolecular Hbond substituents is 1. The van der Waals surface area contributed by atoms with Gasteiger partial charge < -0.3 is 29.2 Å². The molecular formula is C27H19Br2Cl3O9. The number of rotatable bonds is 9. The van der Waals surface area contributed by atoms with Crippen LogP contribution in [0.4, 0.5) is 0 Å². The second-order valence-corrected chi connectivity index (χ2v) is 11.5. The Morgan fingerprint density at radius 1 is 0.854 bits per heavy atom.